The molecule has 1 unspecified atom stereocenters. The second kappa shape index (κ2) is 5.45. The van der Waals surface area contributed by atoms with Crippen molar-refractivity contribution in [3.63, 3.8) is 0 Å². The van der Waals surface area contributed by atoms with Gasteiger partial charge in [0.1, 0.15) is 0 Å². The second-order valence-corrected chi connectivity index (χ2v) is 6.29. The number of piperidine rings is 1. The summed E-state index contributed by atoms with van der Waals surface area (Å²) in [7, 11) is 1.84. The van der Waals surface area contributed by atoms with Crippen molar-refractivity contribution in [2.45, 2.75) is 56.3 Å². The van der Waals surface area contributed by atoms with E-state index in [1.807, 2.05) is 7.11 Å². The number of likely N-dealkylation sites (tertiary alicyclic amines) is 2. The number of nitrogens with zero attached hydrogens (tertiary/aromatic N) is 2. The highest BCUT2D eigenvalue weighted by Gasteiger charge is 2.38. The molecular formula is C14H27N3O. The zero-order chi connectivity index (χ0) is 12.5. The Morgan fingerprint density at radius 1 is 0.944 bits per heavy atom. The summed E-state index contributed by atoms with van der Waals surface area (Å²) < 4.78 is 5.38. The maximum atomic E-state index is 5.98. The van der Waals surface area contributed by atoms with E-state index in [0.29, 0.717) is 12.1 Å². The lowest BCUT2D eigenvalue weighted by molar-refractivity contribution is -0.0223. The average molecular weight is 253 g/mol. The van der Waals surface area contributed by atoms with Crippen molar-refractivity contribution < 1.29 is 4.74 Å². The smallest absolute Gasteiger partial charge is 0.0601 e. The van der Waals surface area contributed by atoms with Crippen LogP contribution in [0.15, 0.2) is 0 Å². The number of ether oxygens (including phenoxy) is 1. The third-order valence-corrected chi connectivity index (χ3v) is 5.21. The van der Waals surface area contributed by atoms with E-state index in [2.05, 4.69) is 9.80 Å². The fourth-order valence-corrected chi connectivity index (χ4v) is 3.71. The molecule has 2 aliphatic heterocycles. The summed E-state index contributed by atoms with van der Waals surface area (Å²) in [6.45, 7) is 4.99. The van der Waals surface area contributed by atoms with E-state index >= 15 is 0 Å². The number of nitrogens with two attached hydrogens (primary N) is 1. The SMILES string of the molecule is COC1CC(N2CCC(N3CCC(N)CC3)C2)C1. The van der Waals surface area contributed by atoms with E-state index in [0.717, 1.165) is 12.1 Å². The van der Waals surface area contributed by atoms with E-state index < -0.39 is 0 Å². The Balaban J connectivity index is 1.44. The summed E-state index contributed by atoms with van der Waals surface area (Å²) in [6, 6.07) is 2.04. The Morgan fingerprint density at radius 2 is 1.61 bits per heavy atom. The number of rotatable bonds is 3. The van der Waals surface area contributed by atoms with Crippen LogP contribution in [0.25, 0.3) is 0 Å². The zero-order valence-corrected chi connectivity index (χ0v) is 11.6. The van der Waals surface area contributed by atoms with Crippen molar-refractivity contribution in [1.29, 1.82) is 0 Å². The van der Waals surface area contributed by atoms with Gasteiger partial charge >= 0.3 is 0 Å². The topological polar surface area (TPSA) is 41.7 Å². The molecule has 4 nitrogen and oxygen atoms in total. The third-order valence-electron chi connectivity index (χ3n) is 5.21. The van der Waals surface area contributed by atoms with Crippen molar-refractivity contribution in [1.82, 2.24) is 9.80 Å². The standard InChI is InChI=1S/C14H27N3O/c1-18-14-8-13(9-14)17-7-4-12(10-17)16-5-2-11(15)3-6-16/h11-14H,2-10,15H2,1H3. The monoisotopic (exact) mass is 253 g/mol. The Labute approximate surface area is 110 Å². The first-order valence-electron chi connectivity index (χ1n) is 7.52. The summed E-state index contributed by atoms with van der Waals surface area (Å²) in [4.78, 5) is 5.37. The minimum Gasteiger partial charge on any atom is -0.381 e. The Hall–Kier alpha value is -0.160. The van der Waals surface area contributed by atoms with Crippen LogP contribution in [0.1, 0.15) is 32.1 Å². The molecule has 0 aromatic carbocycles. The molecule has 3 rings (SSSR count). The molecule has 0 radical (unpaired) electrons. The fourth-order valence-electron chi connectivity index (χ4n) is 3.71. The van der Waals surface area contributed by atoms with Gasteiger partial charge in [0.25, 0.3) is 0 Å². The summed E-state index contributed by atoms with van der Waals surface area (Å²) in [6.07, 6.45) is 6.74. The first kappa shape index (κ1) is 12.9. The van der Waals surface area contributed by atoms with Crippen LogP contribution in [0.3, 0.4) is 0 Å². The van der Waals surface area contributed by atoms with Gasteiger partial charge in [-0.15, -0.1) is 0 Å². The predicted molar refractivity (Wildman–Crippen MR) is 72.6 cm³/mol. The lowest BCUT2D eigenvalue weighted by Gasteiger charge is -2.41. The van der Waals surface area contributed by atoms with Crippen LogP contribution in [-0.2, 0) is 4.74 Å². The first-order chi connectivity index (χ1) is 8.76. The molecule has 0 bridgehead atoms. The van der Waals surface area contributed by atoms with Crippen LogP contribution in [0, 0.1) is 0 Å². The molecule has 0 spiro atoms. The average Bonchev–Trinajstić information content (AvgIpc) is 2.78. The summed E-state index contributed by atoms with van der Waals surface area (Å²) in [5.41, 5.74) is 5.98. The Bertz CT molecular complexity index is 272. The molecule has 104 valence electrons. The number of hydrogen-bond donors (Lipinski definition) is 1. The molecule has 2 heterocycles. The summed E-state index contributed by atoms with van der Waals surface area (Å²) >= 11 is 0. The molecular weight excluding hydrogens is 226 g/mol. The van der Waals surface area contributed by atoms with Gasteiger partial charge in [0.2, 0.25) is 0 Å². The van der Waals surface area contributed by atoms with Gasteiger partial charge in [-0.3, -0.25) is 9.80 Å². The van der Waals surface area contributed by atoms with Gasteiger partial charge < -0.3 is 10.5 Å². The van der Waals surface area contributed by atoms with Crippen LogP contribution < -0.4 is 5.73 Å². The predicted octanol–water partition coefficient (Wildman–Crippen LogP) is 0.661. The molecule has 4 heteroatoms. The third kappa shape index (κ3) is 2.57. The van der Waals surface area contributed by atoms with E-state index in [-0.39, 0.29) is 0 Å². The maximum Gasteiger partial charge on any atom is 0.0601 e. The van der Waals surface area contributed by atoms with Crippen molar-refractivity contribution in [2.75, 3.05) is 33.3 Å². The quantitative estimate of drug-likeness (QED) is 0.802. The fraction of sp³-hybridized carbons (Fsp3) is 1.00. The molecule has 2 N–H and O–H groups in total. The molecule has 0 aromatic heterocycles. The largest absolute Gasteiger partial charge is 0.381 e. The van der Waals surface area contributed by atoms with Gasteiger partial charge in [-0.05, 0) is 45.2 Å². The van der Waals surface area contributed by atoms with Crippen LogP contribution in [0.2, 0.25) is 0 Å². The van der Waals surface area contributed by atoms with Crippen LogP contribution in [0.4, 0.5) is 0 Å². The maximum absolute atomic E-state index is 5.98. The molecule has 1 saturated carbocycles. The van der Waals surface area contributed by atoms with E-state index in [1.165, 1.54) is 58.3 Å². The lowest BCUT2D eigenvalue weighted by Crippen LogP contribution is -2.49. The van der Waals surface area contributed by atoms with Crippen molar-refractivity contribution in [3.05, 3.63) is 0 Å². The normalized spacial score (nSPS) is 40.0. The van der Waals surface area contributed by atoms with Gasteiger partial charge in [0.05, 0.1) is 6.10 Å². The number of methoxy groups -OCH3 is 1. The first-order valence-corrected chi connectivity index (χ1v) is 7.52. The molecule has 3 aliphatic rings. The highest BCUT2D eigenvalue weighted by Crippen LogP contribution is 2.31. The van der Waals surface area contributed by atoms with Gasteiger partial charge in [-0.1, -0.05) is 0 Å². The van der Waals surface area contributed by atoms with Crippen molar-refractivity contribution in [2.24, 2.45) is 5.73 Å². The molecule has 0 aromatic rings. The van der Waals surface area contributed by atoms with Crippen LogP contribution in [0.5, 0.6) is 0 Å². The molecule has 0 amide bonds. The zero-order valence-electron chi connectivity index (χ0n) is 11.6. The molecule has 1 atom stereocenters. The van der Waals surface area contributed by atoms with Gasteiger partial charge in [0, 0.05) is 38.3 Å². The lowest BCUT2D eigenvalue weighted by atomic mass is 9.88. The summed E-state index contributed by atoms with van der Waals surface area (Å²) in [5, 5.41) is 0. The van der Waals surface area contributed by atoms with E-state index in [4.69, 9.17) is 10.5 Å². The Kier molecular flexibility index (Phi) is 3.89. The van der Waals surface area contributed by atoms with Gasteiger partial charge in [0.15, 0.2) is 0 Å². The molecule has 18 heavy (non-hydrogen) atoms. The highest BCUT2D eigenvalue weighted by molar-refractivity contribution is 4.94. The van der Waals surface area contributed by atoms with Gasteiger partial charge in [-0.25, -0.2) is 0 Å². The minimum atomic E-state index is 0.452. The molecule has 3 fully saturated rings. The van der Waals surface area contributed by atoms with Crippen molar-refractivity contribution >= 4 is 0 Å². The second-order valence-electron chi connectivity index (χ2n) is 6.29. The molecule has 1 aliphatic carbocycles. The van der Waals surface area contributed by atoms with Crippen LogP contribution in [-0.4, -0.2) is 67.3 Å². The highest BCUT2D eigenvalue weighted by atomic mass is 16.5. The van der Waals surface area contributed by atoms with E-state index in [1.54, 1.807) is 0 Å². The van der Waals surface area contributed by atoms with E-state index in [9.17, 15) is 0 Å². The van der Waals surface area contributed by atoms with Gasteiger partial charge in [-0.2, -0.15) is 0 Å². The Morgan fingerprint density at radius 3 is 2.28 bits per heavy atom. The van der Waals surface area contributed by atoms with Crippen molar-refractivity contribution in [3.8, 4) is 0 Å². The molecule has 2 saturated heterocycles. The number of hydrogen-bond acceptors (Lipinski definition) is 4. The summed E-state index contributed by atoms with van der Waals surface area (Å²) in [5.74, 6) is 0. The van der Waals surface area contributed by atoms with Crippen LogP contribution >= 0.6 is 0 Å². The minimum absolute atomic E-state index is 0.452.